The molecule has 308 valence electrons. The molecule has 16 atom stereocenters. The third kappa shape index (κ3) is 5.93. The van der Waals surface area contributed by atoms with Gasteiger partial charge in [-0.25, -0.2) is 0 Å². The van der Waals surface area contributed by atoms with Crippen LogP contribution in [-0.4, -0.2) is 41.3 Å². The number of fused-ring (bicyclic) bond motifs is 13. The normalized spacial score (nSPS) is 48.2. The maximum Gasteiger partial charge on any atom is 0.0807 e. The van der Waals surface area contributed by atoms with Crippen molar-refractivity contribution in [1.82, 2.24) is 10.2 Å². The van der Waals surface area contributed by atoms with E-state index in [4.69, 9.17) is 4.74 Å². The van der Waals surface area contributed by atoms with Crippen molar-refractivity contribution in [2.45, 2.75) is 127 Å². The van der Waals surface area contributed by atoms with E-state index < -0.39 is 0 Å². The van der Waals surface area contributed by atoms with Crippen molar-refractivity contribution in [3.63, 3.8) is 0 Å². The van der Waals surface area contributed by atoms with Gasteiger partial charge in [0.05, 0.1) is 12.2 Å². The highest BCUT2D eigenvalue weighted by Crippen LogP contribution is 2.75. The van der Waals surface area contributed by atoms with Crippen molar-refractivity contribution < 1.29 is 4.74 Å². The van der Waals surface area contributed by atoms with Gasteiger partial charge in [-0.3, -0.25) is 4.90 Å². The minimum Gasteiger partial charge on any atom is -0.378 e. The van der Waals surface area contributed by atoms with Gasteiger partial charge in [0.1, 0.15) is 0 Å². The molecule has 1 saturated heterocycles. The number of ether oxygens (including phenoxy) is 1. The highest BCUT2D eigenvalue weighted by molar-refractivity contribution is 5.50. The van der Waals surface area contributed by atoms with Gasteiger partial charge in [-0.05, 0) is 165 Å². The van der Waals surface area contributed by atoms with Gasteiger partial charge in [-0.15, -0.1) is 0 Å². The molecule has 3 heteroatoms. The summed E-state index contributed by atoms with van der Waals surface area (Å²) in [7, 11) is 0. The summed E-state index contributed by atoms with van der Waals surface area (Å²) in [6, 6.07) is 1.94. The molecule has 1 spiro atoms. The highest BCUT2D eigenvalue weighted by atomic mass is 16.5. The Morgan fingerprint density at radius 3 is 2.42 bits per heavy atom. The van der Waals surface area contributed by atoms with Gasteiger partial charge >= 0.3 is 0 Å². The predicted octanol–water partition coefficient (Wildman–Crippen LogP) is 11.9. The third-order valence-corrected chi connectivity index (χ3v) is 18.5. The molecule has 1 N–H and O–H groups in total. The first kappa shape index (κ1) is 37.4. The number of allylic oxidation sites excluding steroid dienone is 17. The van der Waals surface area contributed by atoms with E-state index in [1.54, 1.807) is 11.1 Å². The summed E-state index contributed by atoms with van der Waals surface area (Å²) in [6.45, 7) is 2.50. The summed E-state index contributed by atoms with van der Waals surface area (Å²) >= 11 is 0. The van der Waals surface area contributed by atoms with Gasteiger partial charge in [0.15, 0.2) is 0 Å². The number of rotatable bonds is 6. The van der Waals surface area contributed by atoms with Crippen molar-refractivity contribution in [2.75, 3.05) is 0 Å². The first-order chi connectivity index (χ1) is 29.2. The lowest BCUT2D eigenvalue weighted by Gasteiger charge is -2.53. The summed E-state index contributed by atoms with van der Waals surface area (Å²) in [5.41, 5.74) is 4.87. The van der Waals surface area contributed by atoms with Gasteiger partial charge in [0, 0.05) is 35.8 Å². The summed E-state index contributed by atoms with van der Waals surface area (Å²) in [5, 5.41) is 4.04. The molecule has 0 amide bonds. The van der Waals surface area contributed by atoms with Crippen LogP contribution in [0.4, 0.5) is 0 Å². The summed E-state index contributed by atoms with van der Waals surface area (Å²) in [5.74, 6) is 6.86. The zero-order valence-electron chi connectivity index (χ0n) is 35.5. The number of nitrogens with one attached hydrogen (secondary N) is 1. The molecule has 0 radical (unpaired) electrons. The Balaban J connectivity index is 0.939. The zero-order chi connectivity index (χ0) is 39.1. The van der Waals surface area contributed by atoms with Crippen LogP contribution in [0.2, 0.25) is 0 Å². The van der Waals surface area contributed by atoms with Gasteiger partial charge in [-0.2, -0.15) is 0 Å². The van der Waals surface area contributed by atoms with E-state index in [-0.39, 0.29) is 5.41 Å². The maximum atomic E-state index is 7.22. The second-order valence-electron chi connectivity index (χ2n) is 21.0. The lowest BCUT2D eigenvalue weighted by molar-refractivity contribution is -0.0562. The average molecular weight is 785 g/mol. The molecule has 0 bridgehead atoms. The van der Waals surface area contributed by atoms with E-state index >= 15 is 0 Å². The van der Waals surface area contributed by atoms with E-state index in [0.717, 1.165) is 31.6 Å². The lowest BCUT2D eigenvalue weighted by atomic mass is 9.55. The van der Waals surface area contributed by atoms with Crippen LogP contribution >= 0.6 is 0 Å². The topological polar surface area (TPSA) is 24.5 Å². The molecule has 0 aromatic carbocycles. The number of hydrogen-bond donors (Lipinski definition) is 1. The molecule has 0 aromatic rings. The average Bonchev–Trinajstić information content (AvgIpc) is 3.92. The molecule has 12 aliphatic rings. The minimum absolute atomic E-state index is 0.233. The van der Waals surface area contributed by atoms with Crippen molar-refractivity contribution in [2.24, 2.45) is 70.5 Å². The third-order valence-electron chi connectivity index (χ3n) is 18.5. The second-order valence-corrected chi connectivity index (χ2v) is 21.0. The second kappa shape index (κ2) is 15.2. The maximum absolute atomic E-state index is 7.22. The Morgan fingerprint density at radius 2 is 1.51 bits per heavy atom. The Labute approximate surface area is 355 Å². The summed E-state index contributed by atoms with van der Waals surface area (Å²) in [6.07, 6.45) is 69.8. The van der Waals surface area contributed by atoms with Crippen LogP contribution in [-0.2, 0) is 4.74 Å². The molecule has 3 nitrogen and oxygen atoms in total. The van der Waals surface area contributed by atoms with E-state index in [9.17, 15) is 0 Å². The quantitative estimate of drug-likeness (QED) is 0.272. The fraction of sp³-hybridized carbons (Fsp3) is 0.571. The van der Waals surface area contributed by atoms with Crippen LogP contribution in [0.5, 0.6) is 0 Å². The molecular formula is C56H68N2O. The van der Waals surface area contributed by atoms with Crippen LogP contribution in [0, 0.1) is 70.5 Å². The number of hydrogen-bond acceptors (Lipinski definition) is 3. The van der Waals surface area contributed by atoms with Gasteiger partial charge < -0.3 is 10.1 Å². The van der Waals surface area contributed by atoms with Gasteiger partial charge in [0.2, 0.25) is 0 Å². The lowest BCUT2D eigenvalue weighted by Crippen LogP contribution is -2.58. The van der Waals surface area contributed by atoms with Crippen molar-refractivity contribution in [1.29, 1.82) is 0 Å². The first-order valence-electron chi connectivity index (χ1n) is 24.5. The summed E-state index contributed by atoms with van der Waals surface area (Å²) < 4.78 is 7.22. The highest BCUT2D eigenvalue weighted by Gasteiger charge is 2.71. The number of nitrogens with zero attached hydrogens (tertiary/aromatic N) is 1. The Morgan fingerprint density at radius 1 is 0.661 bits per heavy atom. The fourth-order valence-corrected chi connectivity index (χ4v) is 16.4. The Bertz CT molecular complexity index is 2020. The van der Waals surface area contributed by atoms with Crippen LogP contribution in [0.1, 0.15) is 90.4 Å². The SMILES string of the molecule is CC1CCC(N(C2C=CC3C4C=CC=CC4C4(C5C=CC=C(C6=C(NC7C=CC=CC7)C=CCC6)C5[C@@H]5C=CCCC54)C3C2)C2CC=CC3C4CCC=CC4OC32)CC1. The molecule has 0 aromatic heterocycles. The molecule has 1 aliphatic heterocycles. The van der Waals surface area contributed by atoms with Crippen LogP contribution in [0.25, 0.3) is 0 Å². The standard InChI is InChI=1S/C56H68N2O/c1-36-29-31-38(32-30-36)58(52-27-14-22-45-43-19-8-12-28-53(43)59-55(45)52)39-33-34-41-40-17-5-9-23-47(40)56(50(41)35-39)48-24-10-6-20-46(48)54-44(21-13-25-49(54)56)42-18-7-11-26-51(42)57-37-15-3-2-4-16-37/h2-6,9,11-15,17,20-23,25-26,28,33-34,36-41,43,45-50,52-55,57H,7-8,10,16,18-19,24,27,29-32,35H2,1H3/t36?,37?,38?,39?,40?,41?,43?,45?,46-,47?,48?,49?,50?,52?,53?,54?,55?,56?/m1/s1. The van der Waals surface area contributed by atoms with Crippen molar-refractivity contribution >= 4 is 0 Å². The zero-order valence-corrected chi connectivity index (χ0v) is 35.5. The molecule has 3 saturated carbocycles. The van der Waals surface area contributed by atoms with Gasteiger partial charge in [0.25, 0.3) is 0 Å². The predicted molar refractivity (Wildman–Crippen MR) is 242 cm³/mol. The molecule has 11 aliphatic carbocycles. The van der Waals surface area contributed by atoms with Crippen LogP contribution < -0.4 is 5.32 Å². The fourth-order valence-electron chi connectivity index (χ4n) is 16.4. The van der Waals surface area contributed by atoms with Crippen LogP contribution in [0.15, 0.2) is 144 Å². The molecule has 4 fully saturated rings. The monoisotopic (exact) mass is 785 g/mol. The van der Waals surface area contributed by atoms with E-state index in [0.29, 0.717) is 95.6 Å². The van der Waals surface area contributed by atoms with E-state index in [2.05, 4.69) is 145 Å². The molecule has 1 heterocycles. The first-order valence-corrected chi connectivity index (χ1v) is 24.5. The molecular weight excluding hydrogens is 717 g/mol. The molecule has 59 heavy (non-hydrogen) atoms. The van der Waals surface area contributed by atoms with E-state index in [1.165, 1.54) is 63.5 Å². The van der Waals surface area contributed by atoms with Crippen molar-refractivity contribution in [3.8, 4) is 0 Å². The minimum atomic E-state index is 0.233. The van der Waals surface area contributed by atoms with Gasteiger partial charge in [-0.1, -0.05) is 128 Å². The van der Waals surface area contributed by atoms with Crippen molar-refractivity contribution in [3.05, 3.63) is 144 Å². The molecule has 12 rings (SSSR count). The Hall–Kier alpha value is -3.40. The van der Waals surface area contributed by atoms with Crippen LogP contribution in [0.3, 0.4) is 0 Å². The Kier molecular flexibility index (Phi) is 9.62. The largest absolute Gasteiger partial charge is 0.378 e. The smallest absolute Gasteiger partial charge is 0.0807 e. The summed E-state index contributed by atoms with van der Waals surface area (Å²) in [4.78, 5) is 3.15. The van der Waals surface area contributed by atoms with E-state index in [1.807, 2.05) is 0 Å². The molecule has 15 unspecified atom stereocenters.